The number of benzene rings is 2. The van der Waals surface area contributed by atoms with Crippen LogP contribution in [-0.4, -0.2) is 107 Å². The van der Waals surface area contributed by atoms with E-state index in [1.165, 1.54) is 20.9 Å². The topological polar surface area (TPSA) is 191 Å². The molecule has 14 heteroatoms. The maximum absolute atomic E-state index is 11.5. The number of carboxylic acid groups (broad SMARTS) is 4. The summed E-state index contributed by atoms with van der Waals surface area (Å²) in [5.41, 5.74) is 2.80. The van der Waals surface area contributed by atoms with Gasteiger partial charge in [-0.1, -0.05) is 36.9 Å². The normalized spacial score (nSPS) is 15.8. The van der Waals surface area contributed by atoms with Gasteiger partial charge in [0.05, 0.1) is 13.7 Å². The average molecular weight is 687 g/mol. The Labute approximate surface area is 283 Å². The molecule has 2 aliphatic rings. The molecule has 1 unspecified atom stereocenters. The van der Waals surface area contributed by atoms with Crippen molar-refractivity contribution in [3.05, 3.63) is 77.9 Å². The lowest BCUT2D eigenvalue weighted by Crippen LogP contribution is -2.48. The van der Waals surface area contributed by atoms with Crippen LogP contribution in [0.3, 0.4) is 0 Å². The molecule has 260 valence electrons. The summed E-state index contributed by atoms with van der Waals surface area (Å²) in [6, 6.07) is 15.7. The molecule has 0 spiro atoms. The fraction of sp³-hybridized carbons (Fsp3) is 0.382. The Balaban J connectivity index is 0.000000414. The summed E-state index contributed by atoms with van der Waals surface area (Å²) >= 11 is 1.88. The van der Waals surface area contributed by atoms with Crippen LogP contribution in [0.1, 0.15) is 43.4 Å². The molecule has 4 N–H and O–H groups in total. The number of ether oxygens (including phenoxy) is 2. The van der Waals surface area contributed by atoms with E-state index >= 15 is 0 Å². The highest BCUT2D eigenvalue weighted by atomic mass is 32.2. The van der Waals surface area contributed by atoms with Crippen LogP contribution in [-0.2, 0) is 35.1 Å². The third kappa shape index (κ3) is 14.8. The first kappa shape index (κ1) is 39.5. The number of carboxylic acids is 4. The second-order valence-corrected chi connectivity index (χ2v) is 11.6. The van der Waals surface area contributed by atoms with E-state index in [1.807, 2.05) is 18.7 Å². The molecule has 13 nitrogen and oxygen atoms in total. The van der Waals surface area contributed by atoms with E-state index in [0.717, 1.165) is 57.7 Å². The first-order valence-electron chi connectivity index (χ1n) is 15.3. The Hall–Kier alpha value is -4.66. The lowest BCUT2D eigenvalue weighted by atomic mass is 9.96. The van der Waals surface area contributed by atoms with Crippen molar-refractivity contribution in [1.29, 1.82) is 0 Å². The van der Waals surface area contributed by atoms with Gasteiger partial charge >= 0.3 is 29.8 Å². The van der Waals surface area contributed by atoms with Crippen LogP contribution in [0.2, 0.25) is 0 Å². The highest BCUT2D eigenvalue weighted by Gasteiger charge is 2.30. The molecule has 0 aliphatic carbocycles. The van der Waals surface area contributed by atoms with E-state index in [2.05, 4.69) is 52.3 Å². The summed E-state index contributed by atoms with van der Waals surface area (Å²) in [7, 11) is 1.74. The summed E-state index contributed by atoms with van der Waals surface area (Å²) in [6.07, 6.45) is 5.53. The molecule has 0 aromatic heterocycles. The maximum Gasteiger partial charge on any atom is 0.328 e. The van der Waals surface area contributed by atoms with Gasteiger partial charge in [0.2, 0.25) is 0 Å². The van der Waals surface area contributed by atoms with E-state index in [1.54, 1.807) is 7.11 Å². The third-order valence-corrected chi connectivity index (χ3v) is 8.31. The molecule has 0 saturated carbocycles. The number of rotatable bonds is 12. The molecule has 4 rings (SSSR count). The third-order valence-electron chi connectivity index (χ3n) is 7.10. The molecule has 1 saturated heterocycles. The van der Waals surface area contributed by atoms with Crippen LogP contribution in [0.25, 0.3) is 0 Å². The minimum atomic E-state index is -1.26. The van der Waals surface area contributed by atoms with Gasteiger partial charge < -0.3 is 34.8 Å². The van der Waals surface area contributed by atoms with Gasteiger partial charge in [-0.05, 0) is 54.7 Å². The van der Waals surface area contributed by atoms with Crippen molar-refractivity contribution >= 4 is 41.6 Å². The number of carbonyl (C=O) groups is 5. The predicted octanol–water partition coefficient (Wildman–Crippen LogP) is 4.22. The van der Waals surface area contributed by atoms with Crippen LogP contribution in [0, 0.1) is 0 Å². The Morgan fingerprint density at radius 1 is 0.833 bits per heavy atom. The summed E-state index contributed by atoms with van der Waals surface area (Å²) < 4.78 is 10.9. The average Bonchev–Trinajstić information content (AvgIpc) is 3.22. The molecule has 1 fully saturated rings. The summed E-state index contributed by atoms with van der Waals surface area (Å²) in [4.78, 5) is 57.6. The monoisotopic (exact) mass is 686 g/mol. The standard InChI is InChI=1S/C26H34N2O3S.2C4H4O4/c1-3-7-26(29)31-17-6-12-27-13-15-28(16-14-27)23-18-20-8-4-5-9-24(20)32-25-11-10-21(30-2)19-22(23)25;2*5-3(6)1-2-4(7)8/h4-5,8-11,19,23H,3,6-7,12-18H2,1-2H3;2*1-2H,(H,5,6)(H,7,8)/b;2*2-1-. The van der Waals surface area contributed by atoms with E-state index in [9.17, 15) is 24.0 Å². The van der Waals surface area contributed by atoms with Crippen molar-refractivity contribution in [2.45, 2.75) is 48.4 Å². The molecule has 1 atom stereocenters. The van der Waals surface area contributed by atoms with Crippen molar-refractivity contribution in [3.63, 3.8) is 0 Å². The van der Waals surface area contributed by atoms with Gasteiger partial charge in [-0.2, -0.15) is 0 Å². The number of piperazine rings is 1. The minimum Gasteiger partial charge on any atom is -0.497 e. The van der Waals surface area contributed by atoms with Crippen molar-refractivity contribution in [3.8, 4) is 5.75 Å². The molecule has 0 bridgehead atoms. The Kier molecular flexibility index (Phi) is 17.5. The Morgan fingerprint density at radius 3 is 1.96 bits per heavy atom. The zero-order valence-corrected chi connectivity index (χ0v) is 27.8. The molecule has 0 radical (unpaired) electrons. The van der Waals surface area contributed by atoms with E-state index in [-0.39, 0.29) is 5.97 Å². The molecular formula is C34H42N2O11S. The van der Waals surface area contributed by atoms with Crippen molar-refractivity contribution < 1.29 is 53.9 Å². The van der Waals surface area contributed by atoms with Crippen LogP contribution in [0.5, 0.6) is 5.75 Å². The smallest absolute Gasteiger partial charge is 0.328 e. The highest BCUT2D eigenvalue weighted by molar-refractivity contribution is 7.99. The lowest BCUT2D eigenvalue weighted by Gasteiger charge is -2.39. The number of nitrogens with zero attached hydrogens (tertiary/aromatic N) is 2. The second kappa shape index (κ2) is 21.3. The fourth-order valence-electron chi connectivity index (χ4n) is 4.88. The SMILES string of the molecule is CCCC(=O)OCCCN1CCN(C2Cc3ccccc3Sc3ccc(OC)cc32)CC1.O=C(O)/C=C\C(=O)O.O=C(O)/C=C\C(=O)O. The largest absolute Gasteiger partial charge is 0.497 e. The number of hydrogen-bond acceptors (Lipinski definition) is 10. The first-order valence-corrected chi connectivity index (χ1v) is 16.1. The number of esters is 1. The summed E-state index contributed by atoms with van der Waals surface area (Å²) in [5, 5.41) is 31.2. The van der Waals surface area contributed by atoms with E-state index in [0.29, 0.717) is 43.4 Å². The molecule has 48 heavy (non-hydrogen) atoms. The number of carbonyl (C=O) groups excluding carboxylic acids is 1. The van der Waals surface area contributed by atoms with Crippen molar-refractivity contribution in [1.82, 2.24) is 9.80 Å². The van der Waals surface area contributed by atoms with Gasteiger partial charge in [-0.3, -0.25) is 9.69 Å². The zero-order valence-electron chi connectivity index (χ0n) is 26.9. The van der Waals surface area contributed by atoms with E-state index in [4.69, 9.17) is 29.9 Å². The molecule has 2 aromatic carbocycles. The fourth-order valence-corrected chi connectivity index (χ4v) is 5.99. The maximum atomic E-state index is 11.5. The molecule has 2 aliphatic heterocycles. The van der Waals surface area contributed by atoms with Crippen LogP contribution < -0.4 is 4.74 Å². The first-order chi connectivity index (χ1) is 22.9. The van der Waals surface area contributed by atoms with E-state index < -0.39 is 23.9 Å². The van der Waals surface area contributed by atoms with Gasteiger partial charge in [0, 0.05) is 79.3 Å². The molecule has 0 amide bonds. The number of aliphatic carboxylic acids is 4. The van der Waals surface area contributed by atoms with Gasteiger partial charge in [-0.25, -0.2) is 19.2 Å². The Bertz CT molecular complexity index is 1390. The molecular weight excluding hydrogens is 644 g/mol. The molecule has 2 aromatic rings. The quantitative estimate of drug-likeness (QED) is 0.141. The second-order valence-electron chi connectivity index (χ2n) is 10.6. The van der Waals surface area contributed by atoms with Crippen LogP contribution in [0.4, 0.5) is 0 Å². The Morgan fingerprint density at radius 2 is 1.42 bits per heavy atom. The predicted molar refractivity (Wildman–Crippen MR) is 177 cm³/mol. The van der Waals surface area contributed by atoms with Crippen molar-refractivity contribution in [2.75, 3.05) is 46.4 Å². The van der Waals surface area contributed by atoms with Crippen molar-refractivity contribution in [2.24, 2.45) is 0 Å². The zero-order chi connectivity index (χ0) is 35.5. The van der Waals surface area contributed by atoms with Gasteiger partial charge in [0.25, 0.3) is 0 Å². The number of fused-ring (bicyclic) bond motifs is 2. The number of methoxy groups -OCH3 is 1. The summed E-state index contributed by atoms with van der Waals surface area (Å²) in [5.74, 6) is -4.17. The van der Waals surface area contributed by atoms with Gasteiger partial charge in [-0.15, -0.1) is 0 Å². The van der Waals surface area contributed by atoms with Crippen LogP contribution >= 0.6 is 11.8 Å². The van der Waals surface area contributed by atoms with Gasteiger partial charge in [0.1, 0.15) is 5.75 Å². The number of hydrogen-bond donors (Lipinski definition) is 4. The van der Waals surface area contributed by atoms with Crippen LogP contribution in [0.15, 0.2) is 76.6 Å². The highest BCUT2D eigenvalue weighted by Crippen LogP contribution is 2.44. The van der Waals surface area contributed by atoms with Gasteiger partial charge in [0.15, 0.2) is 0 Å². The minimum absolute atomic E-state index is 0.0714. The summed E-state index contributed by atoms with van der Waals surface area (Å²) in [6.45, 7) is 7.71. The lowest BCUT2D eigenvalue weighted by molar-refractivity contribution is -0.144. The molecule has 2 heterocycles.